The summed E-state index contributed by atoms with van der Waals surface area (Å²) in [5.41, 5.74) is 0. The zero-order valence-corrected chi connectivity index (χ0v) is 11.6. The third-order valence-electron chi connectivity index (χ3n) is 5.02. The number of piperazine rings is 1. The lowest BCUT2D eigenvalue weighted by atomic mass is 9.86. The Hall–Kier alpha value is -0.900. The van der Waals surface area contributed by atoms with E-state index in [4.69, 9.17) is 0 Å². The molecule has 1 aliphatic carbocycles. The van der Waals surface area contributed by atoms with Crippen LogP contribution in [-0.4, -0.2) is 53.7 Å². The molecule has 0 aromatic carbocycles. The number of fused-ring (bicyclic) bond motifs is 1. The number of Topliss-reactive ketones (excluding diaryl/α,β-unsaturated/α-hetero) is 1. The standard InChI is InChI=1S/C15H24N2O2/c18-14(12-4-2-1-3-5-12)11-16-8-9-17-13(10-16)6-7-15(17)19/h12-13H,1-11H2. The van der Waals surface area contributed by atoms with Crippen molar-refractivity contribution in [3.8, 4) is 0 Å². The van der Waals surface area contributed by atoms with Crippen LogP contribution in [0.2, 0.25) is 0 Å². The molecule has 3 aliphatic rings. The Balaban J connectivity index is 1.50. The largest absolute Gasteiger partial charge is 0.337 e. The Morgan fingerprint density at radius 3 is 2.68 bits per heavy atom. The summed E-state index contributed by atoms with van der Waals surface area (Å²) in [6.45, 7) is 3.22. The molecule has 1 atom stereocenters. The van der Waals surface area contributed by atoms with Gasteiger partial charge in [0, 0.05) is 38.0 Å². The van der Waals surface area contributed by atoms with Gasteiger partial charge in [0.25, 0.3) is 0 Å². The molecule has 2 aliphatic heterocycles. The van der Waals surface area contributed by atoms with Gasteiger partial charge in [-0.1, -0.05) is 19.3 Å². The van der Waals surface area contributed by atoms with E-state index in [1.807, 2.05) is 4.90 Å². The monoisotopic (exact) mass is 264 g/mol. The molecule has 0 aromatic rings. The molecule has 4 heteroatoms. The molecule has 19 heavy (non-hydrogen) atoms. The Kier molecular flexibility index (Phi) is 3.87. The number of nitrogens with zero attached hydrogens (tertiary/aromatic N) is 2. The lowest BCUT2D eigenvalue weighted by Crippen LogP contribution is -2.52. The molecule has 0 spiro atoms. The van der Waals surface area contributed by atoms with E-state index in [1.54, 1.807) is 0 Å². The van der Waals surface area contributed by atoms with E-state index < -0.39 is 0 Å². The summed E-state index contributed by atoms with van der Waals surface area (Å²) in [5.74, 6) is 1.07. The minimum absolute atomic E-state index is 0.309. The molecule has 0 N–H and O–H groups in total. The molecule has 0 aromatic heterocycles. The summed E-state index contributed by atoms with van der Waals surface area (Å²) in [5, 5.41) is 0. The van der Waals surface area contributed by atoms with Gasteiger partial charge >= 0.3 is 0 Å². The van der Waals surface area contributed by atoms with E-state index in [1.165, 1.54) is 19.3 Å². The second kappa shape index (κ2) is 5.61. The van der Waals surface area contributed by atoms with E-state index in [0.29, 0.717) is 36.6 Å². The average molecular weight is 264 g/mol. The first-order valence-electron chi connectivity index (χ1n) is 7.78. The molecule has 106 valence electrons. The molecule has 0 radical (unpaired) electrons. The van der Waals surface area contributed by atoms with Gasteiger partial charge in [-0.25, -0.2) is 0 Å². The Morgan fingerprint density at radius 1 is 1.11 bits per heavy atom. The van der Waals surface area contributed by atoms with Gasteiger partial charge in [-0.3, -0.25) is 14.5 Å². The third-order valence-corrected chi connectivity index (χ3v) is 5.02. The number of hydrogen-bond donors (Lipinski definition) is 0. The minimum Gasteiger partial charge on any atom is -0.337 e. The molecule has 3 fully saturated rings. The molecule has 1 saturated carbocycles. The van der Waals surface area contributed by atoms with Crippen molar-refractivity contribution >= 4 is 11.7 Å². The van der Waals surface area contributed by atoms with Gasteiger partial charge in [-0.2, -0.15) is 0 Å². The van der Waals surface area contributed by atoms with Crippen molar-refractivity contribution in [2.75, 3.05) is 26.2 Å². The van der Waals surface area contributed by atoms with E-state index >= 15 is 0 Å². The Bertz CT molecular complexity index is 363. The number of carbonyl (C=O) groups excluding carboxylic acids is 2. The molecule has 2 saturated heterocycles. The maximum Gasteiger partial charge on any atom is 0.222 e. The lowest BCUT2D eigenvalue weighted by Gasteiger charge is -2.37. The van der Waals surface area contributed by atoms with Crippen LogP contribution in [0.25, 0.3) is 0 Å². The van der Waals surface area contributed by atoms with Crippen LogP contribution >= 0.6 is 0 Å². The van der Waals surface area contributed by atoms with Crippen LogP contribution in [0.1, 0.15) is 44.9 Å². The Labute approximate surface area is 115 Å². The SMILES string of the molecule is O=C(CN1CCN2C(=O)CCC2C1)C1CCCCC1. The lowest BCUT2D eigenvalue weighted by molar-refractivity contribution is -0.131. The summed E-state index contributed by atoms with van der Waals surface area (Å²) < 4.78 is 0. The molecule has 2 heterocycles. The number of hydrogen-bond acceptors (Lipinski definition) is 3. The summed E-state index contributed by atoms with van der Waals surface area (Å²) in [4.78, 5) is 28.2. The highest BCUT2D eigenvalue weighted by Crippen LogP contribution is 2.26. The highest BCUT2D eigenvalue weighted by atomic mass is 16.2. The van der Waals surface area contributed by atoms with Crippen molar-refractivity contribution in [3.05, 3.63) is 0 Å². The number of rotatable bonds is 3. The fourth-order valence-electron chi connectivity index (χ4n) is 3.85. The number of ketones is 1. The fourth-order valence-corrected chi connectivity index (χ4v) is 3.85. The topological polar surface area (TPSA) is 40.6 Å². The Morgan fingerprint density at radius 2 is 1.89 bits per heavy atom. The van der Waals surface area contributed by atoms with Crippen LogP contribution in [0.15, 0.2) is 0 Å². The number of amides is 1. The average Bonchev–Trinajstić information content (AvgIpc) is 2.81. The summed E-state index contributed by atoms with van der Waals surface area (Å²) in [6, 6.07) is 0.375. The van der Waals surface area contributed by atoms with Gasteiger partial charge < -0.3 is 4.90 Å². The maximum absolute atomic E-state index is 12.3. The molecule has 1 unspecified atom stereocenters. The number of carbonyl (C=O) groups is 2. The first-order valence-corrected chi connectivity index (χ1v) is 7.78. The summed E-state index contributed by atoms with van der Waals surface area (Å²) >= 11 is 0. The predicted octanol–water partition coefficient (Wildman–Crippen LogP) is 1.44. The van der Waals surface area contributed by atoms with E-state index in [9.17, 15) is 9.59 Å². The van der Waals surface area contributed by atoms with Crippen molar-refractivity contribution in [1.29, 1.82) is 0 Å². The third kappa shape index (κ3) is 2.83. The smallest absolute Gasteiger partial charge is 0.222 e. The van der Waals surface area contributed by atoms with Crippen LogP contribution in [0.4, 0.5) is 0 Å². The second-order valence-electron chi connectivity index (χ2n) is 6.32. The first kappa shape index (κ1) is 13.1. The summed E-state index contributed by atoms with van der Waals surface area (Å²) in [6.07, 6.45) is 7.62. The van der Waals surface area contributed by atoms with Crippen molar-refractivity contribution < 1.29 is 9.59 Å². The molecule has 3 rings (SSSR count). The van der Waals surface area contributed by atoms with E-state index in [-0.39, 0.29) is 0 Å². The molecule has 1 amide bonds. The van der Waals surface area contributed by atoms with Crippen LogP contribution < -0.4 is 0 Å². The first-order chi connectivity index (χ1) is 9.24. The zero-order chi connectivity index (χ0) is 13.2. The molecular formula is C15H24N2O2. The predicted molar refractivity (Wildman–Crippen MR) is 72.8 cm³/mol. The van der Waals surface area contributed by atoms with Gasteiger partial charge in [-0.15, -0.1) is 0 Å². The second-order valence-corrected chi connectivity index (χ2v) is 6.32. The van der Waals surface area contributed by atoms with Crippen LogP contribution in [-0.2, 0) is 9.59 Å². The van der Waals surface area contributed by atoms with E-state index in [0.717, 1.165) is 38.9 Å². The van der Waals surface area contributed by atoms with Crippen molar-refractivity contribution in [2.45, 2.75) is 51.0 Å². The van der Waals surface area contributed by atoms with Crippen LogP contribution in [0.3, 0.4) is 0 Å². The van der Waals surface area contributed by atoms with Gasteiger partial charge in [0.15, 0.2) is 0 Å². The highest BCUT2D eigenvalue weighted by molar-refractivity contribution is 5.83. The van der Waals surface area contributed by atoms with E-state index in [2.05, 4.69) is 4.90 Å². The van der Waals surface area contributed by atoms with Crippen LogP contribution in [0, 0.1) is 5.92 Å². The quantitative estimate of drug-likeness (QED) is 0.774. The van der Waals surface area contributed by atoms with Crippen molar-refractivity contribution in [1.82, 2.24) is 9.80 Å². The molecule has 4 nitrogen and oxygen atoms in total. The molecular weight excluding hydrogens is 240 g/mol. The van der Waals surface area contributed by atoms with Gasteiger partial charge in [-0.05, 0) is 19.3 Å². The van der Waals surface area contributed by atoms with Crippen molar-refractivity contribution in [3.63, 3.8) is 0 Å². The van der Waals surface area contributed by atoms with Crippen molar-refractivity contribution in [2.24, 2.45) is 5.92 Å². The highest BCUT2D eigenvalue weighted by Gasteiger charge is 2.36. The van der Waals surface area contributed by atoms with Gasteiger partial charge in [0.2, 0.25) is 5.91 Å². The summed E-state index contributed by atoms with van der Waals surface area (Å²) in [7, 11) is 0. The normalized spacial score (nSPS) is 29.6. The molecule has 0 bridgehead atoms. The van der Waals surface area contributed by atoms with Gasteiger partial charge in [0.05, 0.1) is 6.54 Å². The maximum atomic E-state index is 12.3. The van der Waals surface area contributed by atoms with Crippen LogP contribution in [0.5, 0.6) is 0 Å². The fraction of sp³-hybridized carbons (Fsp3) is 0.867. The zero-order valence-electron chi connectivity index (χ0n) is 11.6. The van der Waals surface area contributed by atoms with Gasteiger partial charge in [0.1, 0.15) is 5.78 Å². The minimum atomic E-state index is 0.309.